The second-order valence-electron chi connectivity index (χ2n) is 10.3. The number of rotatable bonds is 9. The standard InChI is InChI=1S/C30H37N7O/c1-21-28(22(2)35-20-34-21)30(38)33-18-23-7-4-8-24(17-23)19-37(15-12-27-31-14-16-36(27)3)26-11-5-9-25-10-6-13-32-29(25)26/h4,6-8,10,13,17,20,26H,5,9,11-12,14-16,18-19H2,1-3H3,(H,33,38). The largest absolute Gasteiger partial charge is 0.362 e. The molecule has 2 aromatic heterocycles. The quantitative estimate of drug-likeness (QED) is 0.467. The Bertz CT molecular complexity index is 1300. The van der Waals surface area contributed by atoms with Crippen LogP contribution in [0.4, 0.5) is 0 Å². The Kier molecular flexibility index (Phi) is 8.08. The minimum absolute atomic E-state index is 0.140. The van der Waals surface area contributed by atoms with E-state index < -0.39 is 0 Å². The van der Waals surface area contributed by atoms with E-state index in [1.807, 2.05) is 20.0 Å². The highest BCUT2D eigenvalue weighted by atomic mass is 16.1. The monoisotopic (exact) mass is 511 g/mol. The molecule has 0 radical (unpaired) electrons. The highest BCUT2D eigenvalue weighted by molar-refractivity contribution is 5.96. The van der Waals surface area contributed by atoms with Crippen LogP contribution < -0.4 is 5.32 Å². The van der Waals surface area contributed by atoms with Crippen molar-refractivity contribution in [2.45, 2.75) is 58.7 Å². The number of amidine groups is 1. The number of pyridine rings is 1. The first-order chi connectivity index (χ1) is 18.5. The van der Waals surface area contributed by atoms with Crippen molar-refractivity contribution in [3.8, 4) is 0 Å². The summed E-state index contributed by atoms with van der Waals surface area (Å²) in [6.45, 7) is 7.78. The average Bonchev–Trinajstić information content (AvgIpc) is 3.34. The van der Waals surface area contributed by atoms with Gasteiger partial charge in [0.25, 0.3) is 5.91 Å². The maximum atomic E-state index is 12.9. The van der Waals surface area contributed by atoms with Crippen LogP contribution in [0.2, 0.25) is 0 Å². The summed E-state index contributed by atoms with van der Waals surface area (Å²) in [7, 11) is 2.13. The van der Waals surface area contributed by atoms with E-state index in [0.29, 0.717) is 29.5 Å². The number of aromatic nitrogens is 3. The number of carbonyl (C=O) groups is 1. The number of carbonyl (C=O) groups excluding carboxylic acids is 1. The van der Waals surface area contributed by atoms with Crippen molar-refractivity contribution in [3.05, 3.63) is 88.3 Å². The fraction of sp³-hybridized carbons (Fsp3) is 0.433. The van der Waals surface area contributed by atoms with Crippen LogP contribution in [-0.4, -0.2) is 63.2 Å². The first-order valence-electron chi connectivity index (χ1n) is 13.6. The van der Waals surface area contributed by atoms with Crippen molar-refractivity contribution in [2.24, 2.45) is 4.99 Å². The number of nitrogens with one attached hydrogen (secondary N) is 1. The molecule has 2 aliphatic rings. The molecule has 5 rings (SSSR count). The van der Waals surface area contributed by atoms with Gasteiger partial charge < -0.3 is 10.2 Å². The first-order valence-corrected chi connectivity index (χ1v) is 13.6. The van der Waals surface area contributed by atoms with E-state index in [4.69, 9.17) is 9.98 Å². The third kappa shape index (κ3) is 5.91. The van der Waals surface area contributed by atoms with Crippen LogP contribution in [0, 0.1) is 13.8 Å². The number of nitrogens with zero attached hydrogens (tertiary/aromatic N) is 6. The minimum Gasteiger partial charge on any atom is -0.362 e. The predicted octanol–water partition coefficient (Wildman–Crippen LogP) is 4.03. The van der Waals surface area contributed by atoms with Gasteiger partial charge in [0.2, 0.25) is 0 Å². The van der Waals surface area contributed by atoms with Crippen molar-refractivity contribution < 1.29 is 4.79 Å². The van der Waals surface area contributed by atoms with Crippen molar-refractivity contribution in [1.29, 1.82) is 0 Å². The smallest absolute Gasteiger partial charge is 0.255 e. The zero-order valence-corrected chi connectivity index (χ0v) is 22.7. The summed E-state index contributed by atoms with van der Waals surface area (Å²) in [4.78, 5) is 35.6. The van der Waals surface area contributed by atoms with Gasteiger partial charge in [-0.1, -0.05) is 30.3 Å². The van der Waals surface area contributed by atoms with Crippen molar-refractivity contribution in [1.82, 2.24) is 30.1 Å². The lowest BCUT2D eigenvalue weighted by Gasteiger charge is -2.35. The van der Waals surface area contributed by atoms with E-state index in [1.54, 1.807) is 0 Å². The van der Waals surface area contributed by atoms with E-state index in [-0.39, 0.29) is 5.91 Å². The Morgan fingerprint density at radius 1 is 1.11 bits per heavy atom. The molecule has 0 fully saturated rings. The third-order valence-electron chi connectivity index (χ3n) is 7.68. The molecular formula is C30H37N7O. The number of hydrogen-bond acceptors (Lipinski definition) is 7. The van der Waals surface area contributed by atoms with Crippen LogP contribution in [-0.2, 0) is 19.5 Å². The van der Waals surface area contributed by atoms with E-state index >= 15 is 0 Å². The van der Waals surface area contributed by atoms with Gasteiger partial charge >= 0.3 is 0 Å². The molecule has 8 heteroatoms. The molecule has 0 saturated heterocycles. The van der Waals surface area contributed by atoms with E-state index in [1.165, 1.54) is 35.4 Å². The van der Waals surface area contributed by atoms with Crippen molar-refractivity contribution in [2.75, 3.05) is 26.7 Å². The molecular weight excluding hydrogens is 474 g/mol. The minimum atomic E-state index is -0.140. The van der Waals surface area contributed by atoms with Gasteiger partial charge in [-0.05, 0) is 55.9 Å². The Labute approximate surface area is 225 Å². The zero-order valence-electron chi connectivity index (χ0n) is 22.7. The van der Waals surface area contributed by atoms with Crippen LogP contribution in [0.15, 0.2) is 53.9 Å². The number of amides is 1. The normalized spacial score (nSPS) is 16.9. The van der Waals surface area contributed by atoms with Crippen molar-refractivity contribution in [3.63, 3.8) is 0 Å². The van der Waals surface area contributed by atoms with Crippen LogP contribution >= 0.6 is 0 Å². The molecule has 3 heterocycles. The molecule has 1 amide bonds. The van der Waals surface area contributed by atoms with Gasteiger partial charge in [0, 0.05) is 45.8 Å². The summed E-state index contributed by atoms with van der Waals surface area (Å²) in [6, 6.07) is 13.1. The summed E-state index contributed by atoms with van der Waals surface area (Å²) in [5, 5.41) is 3.06. The molecule has 0 bridgehead atoms. The summed E-state index contributed by atoms with van der Waals surface area (Å²) in [6.07, 6.45) is 7.74. The Morgan fingerprint density at radius 2 is 1.92 bits per heavy atom. The lowest BCUT2D eigenvalue weighted by Crippen LogP contribution is -2.35. The highest BCUT2D eigenvalue weighted by Crippen LogP contribution is 2.34. The molecule has 1 atom stereocenters. The molecule has 1 aliphatic heterocycles. The fourth-order valence-electron chi connectivity index (χ4n) is 5.64. The Balaban J connectivity index is 1.32. The lowest BCUT2D eigenvalue weighted by atomic mass is 9.90. The molecule has 1 unspecified atom stereocenters. The van der Waals surface area contributed by atoms with Gasteiger partial charge in [-0.3, -0.25) is 19.7 Å². The second kappa shape index (κ2) is 11.8. The topological polar surface area (TPSA) is 86.6 Å². The summed E-state index contributed by atoms with van der Waals surface area (Å²) >= 11 is 0. The van der Waals surface area contributed by atoms with Gasteiger partial charge in [0.15, 0.2) is 0 Å². The predicted molar refractivity (Wildman–Crippen MR) is 149 cm³/mol. The molecule has 0 saturated carbocycles. The van der Waals surface area contributed by atoms with Crippen LogP contribution in [0.5, 0.6) is 0 Å². The number of aliphatic imine (C=N–C) groups is 1. The molecule has 3 aromatic rings. The zero-order chi connectivity index (χ0) is 26.5. The Hall–Kier alpha value is -3.65. The summed E-state index contributed by atoms with van der Waals surface area (Å²) in [5.41, 5.74) is 6.84. The maximum absolute atomic E-state index is 12.9. The lowest BCUT2D eigenvalue weighted by molar-refractivity contribution is 0.0948. The van der Waals surface area contributed by atoms with Crippen molar-refractivity contribution >= 4 is 11.7 Å². The van der Waals surface area contributed by atoms with E-state index in [9.17, 15) is 4.79 Å². The van der Waals surface area contributed by atoms with Gasteiger partial charge in [0.1, 0.15) is 12.2 Å². The SMILES string of the molecule is Cc1ncnc(C)c1C(=O)NCc1cccc(CN(CCC2=NCCN2C)C2CCCc3cccnc32)c1. The van der Waals surface area contributed by atoms with E-state index in [0.717, 1.165) is 51.0 Å². The molecule has 0 spiro atoms. The summed E-state index contributed by atoms with van der Waals surface area (Å²) < 4.78 is 0. The number of hydrogen-bond donors (Lipinski definition) is 1. The molecule has 8 nitrogen and oxygen atoms in total. The highest BCUT2D eigenvalue weighted by Gasteiger charge is 2.28. The number of fused-ring (bicyclic) bond motifs is 1. The third-order valence-corrected chi connectivity index (χ3v) is 7.68. The molecule has 1 N–H and O–H groups in total. The van der Waals surface area contributed by atoms with Crippen LogP contribution in [0.1, 0.15) is 69.4 Å². The fourth-order valence-corrected chi connectivity index (χ4v) is 5.64. The van der Waals surface area contributed by atoms with E-state index in [2.05, 4.69) is 68.5 Å². The van der Waals surface area contributed by atoms with Gasteiger partial charge in [-0.2, -0.15) is 0 Å². The van der Waals surface area contributed by atoms with Gasteiger partial charge in [0.05, 0.1) is 35.2 Å². The Morgan fingerprint density at radius 3 is 2.71 bits per heavy atom. The molecule has 1 aromatic carbocycles. The summed E-state index contributed by atoms with van der Waals surface area (Å²) in [5.74, 6) is 1.05. The molecule has 1 aliphatic carbocycles. The number of likely N-dealkylation sites (N-methyl/N-ethyl adjacent to an activating group) is 1. The van der Waals surface area contributed by atoms with Crippen LogP contribution in [0.3, 0.4) is 0 Å². The second-order valence-corrected chi connectivity index (χ2v) is 10.3. The number of benzene rings is 1. The number of aryl methyl sites for hydroxylation is 3. The molecule has 38 heavy (non-hydrogen) atoms. The maximum Gasteiger partial charge on any atom is 0.255 e. The average molecular weight is 512 g/mol. The molecule has 198 valence electrons. The van der Waals surface area contributed by atoms with Gasteiger partial charge in [-0.15, -0.1) is 0 Å². The van der Waals surface area contributed by atoms with Crippen LogP contribution in [0.25, 0.3) is 0 Å². The van der Waals surface area contributed by atoms with Gasteiger partial charge in [-0.25, -0.2) is 9.97 Å². The first kappa shape index (κ1) is 26.0.